The van der Waals surface area contributed by atoms with E-state index in [-0.39, 0.29) is 23.4 Å². The van der Waals surface area contributed by atoms with Crippen LogP contribution in [0, 0.1) is 15.5 Å². The molecule has 43 heavy (non-hydrogen) atoms. The molecule has 2 unspecified atom stereocenters. The van der Waals surface area contributed by atoms with Gasteiger partial charge < -0.3 is 20.9 Å². The van der Waals surface area contributed by atoms with Gasteiger partial charge in [0.15, 0.2) is 0 Å². The van der Waals surface area contributed by atoms with Gasteiger partial charge in [-0.25, -0.2) is 0 Å². The average Bonchev–Trinajstić information content (AvgIpc) is 3.48. The lowest BCUT2D eigenvalue weighted by molar-refractivity contribution is -0.384. The van der Waals surface area contributed by atoms with Gasteiger partial charge in [0, 0.05) is 43.6 Å². The summed E-state index contributed by atoms with van der Waals surface area (Å²) in [6, 6.07) is 19.0. The second-order valence-corrected chi connectivity index (χ2v) is 12.1. The topological polar surface area (TPSA) is 134 Å². The van der Waals surface area contributed by atoms with Crippen LogP contribution in [0.5, 0.6) is 0 Å². The van der Waals surface area contributed by atoms with Crippen LogP contribution < -0.4 is 16.0 Å². The minimum absolute atomic E-state index is 0.0539. The number of likely N-dealkylation sites (tertiary alicyclic amines) is 1. The van der Waals surface area contributed by atoms with Crippen molar-refractivity contribution in [3.63, 3.8) is 0 Å². The first-order valence-corrected chi connectivity index (χ1v) is 14.8. The number of carbonyl (C=O) groups excluding carboxylic acids is 3. The molecule has 3 aromatic rings. The SMILES string of the molecule is CC(C)(C)C(=O)N1CCCC1C(=O)NC(Cc1ccc2ccccc2c1)C(=O)NCCCNCc1ccc([N+](=O)[O-])cc1. The summed E-state index contributed by atoms with van der Waals surface area (Å²) in [7, 11) is 0. The Labute approximate surface area is 252 Å². The van der Waals surface area contributed by atoms with Gasteiger partial charge in [0.05, 0.1) is 4.92 Å². The predicted molar refractivity (Wildman–Crippen MR) is 166 cm³/mol. The lowest BCUT2D eigenvalue weighted by atomic mass is 9.94. The fourth-order valence-corrected chi connectivity index (χ4v) is 5.31. The van der Waals surface area contributed by atoms with Crippen molar-refractivity contribution in [2.45, 2.75) is 65.1 Å². The van der Waals surface area contributed by atoms with Gasteiger partial charge in [-0.05, 0) is 47.7 Å². The molecule has 3 N–H and O–H groups in total. The van der Waals surface area contributed by atoms with E-state index in [4.69, 9.17) is 0 Å². The maximum atomic E-state index is 13.5. The van der Waals surface area contributed by atoms with Gasteiger partial charge in [-0.15, -0.1) is 0 Å². The smallest absolute Gasteiger partial charge is 0.269 e. The minimum Gasteiger partial charge on any atom is -0.354 e. The van der Waals surface area contributed by atoms with Crippen LogP contribution in [0.25, 0.3) is 10.8 Å². The van der Waals surface area contributed by atoms with E-state index >= 15 is 0 Å². The van der Waals surface area contributed by atoms with Crippen molar-refractivity contribution in [3.05, 3.63) is 88.0 Å². The summed E-state index contributed by atoms with van der Waals surface area (Å²) in [4.78, 5) is 51.9. The number of amides is 3. The number of nitrogens with zero attached hydrogens (tertiary/aromatic N) is 2. The molecule has 0 radical (unpaired) electrons. The van der Waals surface area contributed by atoms with Crippen LogP contribution in [0.3, 0.4) is 0 Å². The summed E-state index contributed by atoms with van der Waals surface area (Å²) in [5.41, 5.74) is 1.31. The number of hydrogen-bond acceptors (Lipinski definition) is 6. The third kappa shape index (κ3) is 8.61. The Balaban J connectivity index is 1.36. The summed E-state index contributed by atoms with van der Waals surface area (Å²) < 4.78 is 0. The first-order valence-electron chi connectivity index (χ1n) is 14.8. The molecule has 3 amide bonds. The molecule has 1 aliphatic heterocycles. The molecule has 0 aromatic heterocycles. The van der Waals surface area contributed by atoms with Gasteiger partial charge >= 0.3 is 0 Å². The van der Waals surface area contributed by atoms with E-state index < -0.39 is 22.4 Å². The second kappa shape index (κ2) is 14.2. The van der Waals surface area contributed by atoms with Crippen molar-refractivity contribution in [2.75, 3.05) is 19.6 Å². The van der Waals surface area contributed by atoms with E-state index in [0.717, 1.165) is 28.3 Å². The molecule has 10 nitrogen and oxygen atoms in total. The molecular weight excluding hydrogens is 546 g/mol. The van der Waals surface area contributed by atoms with Gasteiger partial charge in [0.1, 0.15) is 12.1 Å². The molecule has 2 atom stereocenters. The maximum Gasteiger partial charge on any atom is 0.269 e. The summed E-state index contributed by atoms with van der Waals surface area (Å²) in [6.45, 7) is 7.66. The molecule has 1 saturated heterocycles. The highest BCUT2D eigenvalue weighted by atomic mass is 16.6. The molecule has 228 valence electrons. The minimum atomic E-state index is -0.797. The van der Waals surface area contributed by atoms with Crippen molar-refractivity contribution in [2.24, 2.45) is 5.41 Å². The lowest BCUT2D eigenvalue weighted by Gasteiger charge is -2.31. The Bertz CT molecular complexity index is 1450. The van der Waals surface area contributed by atoms with Gasteiger partial charge in [0.25, 0.3) is 5.69 Å². The van der Waals surface area contributed by atoms with Crippen LogP contribution in [0.4, 0.5) is 5.69 Å². The predicted octanol–water partition coefficient (Wildman–Crippen LogP) is 4.11. The van der Waals surface area contributed by atoms with Crippen LogP contribution in [-0.2, 0) is 27.3 Å². The van der Waals surface area contributed by atoms with E-state index in [1.807, 2.05) is 63.2 Å². The zero-order chi connectivity index (χ0) is 31.0. The Morgan fingerprint density at radius 3 is 2.37 bits per heavy atom. The van der Waals surface area contributed by atoms with Crippen LogP contribution >= 0.6 is 0 Å². The quantitative estimate of drug-likeness (QED) is 0.166. The van der Waals surface area contributed by atoms with Gasteiger partial charge in [-0.3, -0.25) is 24.5 Å². The highest BCUT2D eigenvalue weighted by Gasteiger charge is 2.39. The maximum absolute atomic E-state index is 13.5. The van der Waals surface area contributed by atoms with Crippen molar-refractivity contribution >= 4 is 34.2 Å². The van der Waals surface area contributed by atoms with E-state index in [9.17, 15) is 24.5 Å². The highest BCUT2D eigenvalue weighted by molar-refractivity contribution is 5.93. The standard InChI is InChI=1S/C33H41N5O5/c1-33(2,3)32(41)37-19-6-10-29(37)31(40)36-28(21-24-11-14-25-8-4-5-9-26(25)20-24)30(39)35-18-7-17-34-22-23-12-15-27(16-13-23)38(42)43/h4-5,8-9,11-16,20,28-29,34H,6-7,10,17-19,21-22H2,1-3H3,(H,35,39)(H,36,40). The fraction of sp³-hybridized carbons (Fsp3) is 0.424. The molecule has 0 aliphatic carbocycles. The largest absolute Gasteiger partial charge is 0.354 e. The molecule has 0 bridgehead atoms. The van der Waals surface area contributed by atoms with Crippen LogP contribution in [0.1, 0.15) is 51.2 Å². The Kier molecular flexibility index (Phi) is 10.5. The van der Waals surface area contributed by atoms with E-state index in [1.165, 1.54) is 12.1 Å². The highest BCUT2D eigenvalue weighted by Crippen LogP contribution is 2.26. The molecule has 4 rings (SSSR count). The van der Waals surface area contributed by atoms with Crippen molar-refractivity contribution in [1.82, 2.24) is 20.9 Å². The summed E-state index contributed by atoms with van der Waals surface area (Å²) in [5, 5.41) is 22.2. The Morgan fingerprint density at radius 2 is 1.67 bits per heavy atom. The zero-order valence-electron chi connectivity index (χ0n) is 25.1. The molecule has 0 spiro atoms. The molecule has 1 fully saturated rings. The summed E-state index contributed by atoms with van der Waals surface area (Å²) in [5.74, 6) is -0.647. The Hall–Kier alpha value is -4.31. The monoisotopic (exact) mass is 587 g/mol. The number of nitro benzene ring substituents is 1. The number of nitro groups is 1. The van der Waals surface area contributed by atoms with E-state index in [2.05, 4.69) is 16.0 Å². The number of rotatable bonds is 12. The number of non-ortho nitro benzene ring substituents is 1. The molecule has 1 aliphatic rings. The van der Waals surface area contributed by atoms with Crippen LogP contribution in [0.15, 0.2) is 66.7 Å². The number of carbonyl (C=O) groups is 3. The van der Waals surface area contributed by atoms with Crippen LogP contribution in [-0.4, -0.2) is 59.3 Å². The number of nitrogens with one attached hydrogen (secondary N) is 3. The molecule has 0 saturated carbocycles. The molecule has 1 heterocycles. The van der Waals surface area contributed by atoms with Crippen molar-refractivity contribution < 1.29 is 19.3 Å². The zero-order valence-corrected chi connectivity index (χ0v) is 25.1. The van der Waals surface area contributed by atoms with Gasteiger partial charge in [-0.2, -0.15) is 0 Å². The first kappa shape index (κ1) is 31.6. The Morgan fingerprint density at radius 1 is 0.977 bits per heavy atom. The third-order valence-corrected chi connectivity index (χ3v) is 7.65. The third-order valence-electron chi connectivity index (χ3n) is 7.65. The average molecular weight is 588 g/mol. The number of benzene rings is 3. The lowest BCUT2D eigenvalue weighted by Crippen LogP contribution is -2.55. The van der Waals surface area contributed by atoms with Crippen molar-refractivity contribution in [1.29, 1.82) is 0 Å². The van der Waals surface area contributed by atoms with E-state index in [0.29, 0.717) is 45.4 Å². The summed E-state index contributed by atoms with van der Waals surface area (Å²) >= 11 is 0. The fourth-order valence-electron chi connectivity index (χ4n) is 5.31. The molecule has 3 aromatic carbocycles. The summed E-state index contributed by atoms with van der Waals surface area (Å²) in [6.07, 6.45) is 2.29. The number of fused-ring (bicyclic) bond motifs is 1. The van der Waals surface area contributed by atoms with E-state index in [1.54, 1.807) is 17.0 Å². The van der Waals surface area contributed by atoms with Gasteiger partial charge in [-0.1, -0.05) is 75.4 Å². The second-order valence-electron chi connectivity index (χ2n) is 12.1. The molecule has 10 heteroatoms. The normalized spacial score (nSPS) is 15.7. The van der Waals surface area contributed by atoms with Crippen LogP contribution in [0.2, 0.25) is 0 Å². The molecular formula is C33H41N5O5. The number of hydrogen-bond donors (Lipinski definition) is 3. The van der Waals surface area contributed by atoms with Gasteiger partial charge in [0.2, 0.25) is 17.7 Å². The van der Waals surface area contributed by atoms with Crippen molar-refractivity contribution in [3.8, 4) is 0 Å². The first-order chi connectivity index (χ1) is 20.5.